The summed E-state index contributed by atoms with van der Waals surface area (Å²) in [7, 11) is 0. The summed E-state index contributed by atoms with van der Waals surface area (Å²) in [6, 6.07) is 2.25. The first-order valence-corrected chi connectivity index (χ1v) is 10.4. The van der Waals surface area contributed by atoms with Crippen molar-refractivity contribution in [1.82, 2.24) is 34.2 Å². The van der Waals surface area contributed by atoms with Crippen LogP contribution < -0.4 is 10.2 Å². The van der Waals surface area contributed by atoms with Gasteiger partial charge in [-0.3, -0.25) is 9.20 Å². The molecule has 10 nitrogen and oxygen atoms in total. The van der Waals surface area contributed by atoms with E-state index in [-0.39, 0.29) is 5.91 Å². The molecule has 160 valence electrons. The second kappa shape index (κ2) is 7.86. The van der Waals surface area contributed by atoms with Gasteiger partial charge < -0.3 is 20.1 Å². The normalized spacial score (nSPS) is 14.5. The van der Waals surface area contributed by atoms with Crippen LogP contribution in [0, 0.1) is 6.92 Å². The Hall–Kier alpha value is -3.69. The molecule has 1 amide bonds. The molecule has 0 atom stereocenters. The minimum Gasteiger partial charge on any atom is -0.368 e. The Bertz CT molecular complexity index is 1240. The predicted octanol–water partition coefficient (Wildman–Crippen LogP) is 1.63. The Morgan fingerprint density at radius 2 is 2.03 bits per heavy atom. The fourth-order valence-electron chi connectivity index (χ4n) is 4.30. The van der Waals surface area contributed by atoms with E-state index in [0.29, 0.717) is 12.2 Å². The summed E-state index contributed by atoms with van der Waals surface area (Å²) < 4.78 is 2.17. The van der Waals surface area contributed by atoms with Gasteiger partial charge in [-0.05, 0) is 24.5 Å². The zero-order valence-electron chi connectivity index (χ0n) is 17.7. The summed E-state index contributed by atoms with van der Waals surface area (Å²) in [6.07, 6.45) is 7.75. The van der Waals surface area contributed by atoms with Gasteiger partial charge in [-0.25, -0.2) is 19.9 Å². The summed E-state index contributed by atoms with van der Waals surface area (Å²) in [4.78, 5) is 36.2. The van der Waals surface area contributed by atoms with Crippen molar-refractivity contribution < 1.29 is 4.79 Å². The highest BCUT2D eigenvalue weighted by Gasteiger charge is 2.23. The minimum atomic E-state index is 0.135. The molecule has 0 unspecified atom stereocenters. The Kier molecular flexibility index (Phi) is 4.89. The minimum absolute atomic E-state index is 0.135. The van der Waals surface area contributed by atoms with Crippen molar-refractivity contribution >= 4 is 34.2 Å². The van der Waals surface area contributed by atoms with Crippen LogP contribution in [0.2, 0.25) is 0 Å². The first kappa shape index (κ1) is 19.3. The number of carbonyl (C=O) groups is 1. The van der Waals surface area contributed by atoms with Gasteiger partial charge in [-0.15, -0.1) is 0 Å². The van der Waals surface area contributed by atoms with E-state index >= 15 is 0 Å². The third kappa shape index (κ3) is 3.54. The standard InChI is InChI=1S/C21H25N9O/c1-14-9-16(3-4-23-19-18-20(25-11-24-18)27-12-26-19)21(30-13-22-10-17(14)30)29-7-5-28(6-8-29)15(2)31/h9-13H,3-8H2,1-2H3,(H2,23,24,25,26,27). The molecule has 1 aliphatic heterocycles. The maximum atomic E-state index is 11.7. The topological polar surface area (TPSA) is 107 Å². The summed E-state index contributed by atoms with van der Waals surface area (Å²) >= 11 is 0. The van der Waals surface area contributed by atoms with Crippen LogP contribution in [0.3, 0.4) is 0 Å². The van der Waals surface area contributed by atoms with E-state index in [2.05, 4.69) is 52.5 Å². The Morgan fingerprint density at radius 1 is 1.19 bits per heavy atom. The molecule has 0 saturated carbocycles. The Morgan fingerprint density at radius 3 is 2.84 bits per heavy atom. The molecule has 31 heavy (non-hydrogen) atoms. The van der Waals surface area contributed by atoms with Gasteiger partial charge in [0.15, 0.2) is 11.5 Å². The van der Waals surface area contributed by atoms with E-state index in [1.807, 2.05) is 17.4 Å². The average molecular weight is 419 g/mol. The number of aromatic amines is 1. The number of rotatable bonds is 5. The smallest absolute Gasteiger partial charge is 0.219 e. The maximum Gasteiger partial charge on any atom is 0.219 e. The van der Waals surface area contributed by atoms with Crippen LogP contribution in [0.1, 0.15) is 18.1 Å². The number of nitrogens with one attached hydrogen (secondary N) is 2. The molecule has 0 radical (unpaired) electrons. The number of imidazole rings is 2. The number of pyridine rings is 1. The van der Waals surface area contributed by atoms with Gasteiger partial charge in [0.25, 0.3) is 0 Å². The number of fused-ring (bicyclic) bond motifs is 2. The van der Waals surface area contributed by atoms with Crippen molar-refractivity contribution in [3.8, 4) is 0 Å². The van der Waals surface area contributed by atoms with Crippen molar-refractivity contribution in [2.75, 3.05) is 42.9 Å². The van der Waals surface area contributed by atoms with Crippen LogP contribution >= 0.6 is 0 Å². The quantitative estimate of drug-likeness (QED) is 0.506. The predicted molar refractivity (Wildman–Crippen MR) is 118 cm³/mol. The molecule has 0 aromatic carbocycles. The van der Waals surface area contributed by atoms with Crippen LogP contribution in [0.5, 0.6) is 0 Å². The SMILES string of the molecule is CC(=O)N1CCN(c2c(CCNc3ncnc4nc[nH]c34)cc(C)c3cncn23)CC1. The second-order valence-electron chi connectivity index (χ2n) is 7.82. The number of aromatic nitrogens is 6. The fourth-order valence-corrected chi connectivity index (χ4v) is 4.30. The lowest BCUT2D eigenvalue weighted by molar-refractivity contribution is -0.129. The number of aryl methyl sites for hydroxylation is 1. The zero-order chi connectivity index (χ0) is 21.4. The number of hydrogen-bond donors (Lipinski definition) is 2. The first-order valence-electron chi connectivity index (χ1n) is 10.4. The third-order valence-corrected chi connectivity index (χ3v) is 5.88. The third-order valence-electron chi connectivity index (χ3n) is 5.88. The summed E-state index contributed by atoms with van der Waals surface area (Å²) in [5, 5.41) is 3.42. The number of piperazine rings is 1. The van der Waals surface area contributed by atoms with E-state index < -0.39 is 0 Å². The number of hydrogen-bond acceptors (Lipinski definition) is 7. The summed E-state index contributed by atoms with van der Waals surface area (Å²) in [5.74, 6) is 2.03. The highest BCUT2D eigenvalue weighted by atomic mass is 16.2. The molecule has 10 heteroatoms. The van der Waals surface area contributed by atoms with E-state index in [0.717, 1.165) is 55.3 Å². The Balaban J connectivity index is 1.41. The van der Waals surface area contributed by atoms with Crippen LogP contribution in [-0.2, 0) is 11.2 Å². The number of carbonyl (C=O) groups excluding carboxylic acids is 1. The molecule has 1 saturated heterocycles. The average Bonchev–Trinajstić information content (AvgIpc) is 3.44. The highest BCUT2D eigenvalue weighted by molar-refractivity contribution is 5.81. The zero-order valence-corrected chi connectivity index (χ0v) is 17.7. The number of nitrogens with zero attached hydrogens (tertiary/aromatic N) is 7. The largest absolute Gasteiger partial charge is 0.368 e. The molecule has 0 aliphatic carbocycles. The monoisotopic (exact) mass is 419 g/mol. The second-order valence-corrected chi connectivity index (χ2v) is 7.82. The fraction of sp³-hybridized carbons (Fsp3) is 0.381. The number of anilines is 2. The van der Waals surface area contributed by atoms with E-state index in [4.69, 9.17) is 0 Å². The van der Waals surface area contributed by atoms with E-state index in [1.165, 1.54) is 17.5 Å². The van der Waals surface area contributed by atoms with Crippen LogP contribution in [0.25, 0.3) is 16.7 Å². The molecule has 1 aliphatic rings. The van der Waals surface area contributed by atoms with Crippen LogP contribution in [0.15, 0.2) is 31.2 Å². The van der Waals surface area contributed by atoms with Gasteiger partial charge in [0.1, 0.15) is 24.0 Å². The van der Waals surface area contributed by atoms with E-state index in [9.17, 15) is 4.79 Å². The van der Waals surface area contributed by atoms with E-state index in [1.54, 1.807) is 13.3 Å². The lowest BCUT2D eigenvalue weighted by atomic mass is 10.1. The van der Waals surface area contributed by atoms with Gasteiger partial charge in [0.05, 0.1) is 18.0 Å². The molecule has 2 N–H and O–H groups in total. The highest BCUT2D eigenvalue weighted by Crippen LogP contribution is 2.27. The first-order chi connectivity index (χ1) is 15.1. The number of H-pyrrole nitrogens is 1. The molecule has 5 rings (SSSR count). The molecule has 0 spiro atoms. The van der Waals surface area contributed by atoms with Gasteiger partial charge in [-0.1, -0.05) is 6.07 Å². The van der Waals surface area contributed by atoms with Gasteiger partial charge >= 0.3 is 0 Å². The van der Waals surface area contributed by atoms with Crippen molar-refractivity contribution in [2.45, 2.75) is 20.3 Å². The van der Waals surface area contributed by atoms with Crippen LogP contribution in [0.4, 0.5) is 11.6 Å². The Labute approximate surface area is 179 Å². The summed E-state index contributed by atoms with van der Waals surface area (Å²) in [5.41, 5.74) is 5.00. The lowest BCUT2D eigenvalue weighted by Gasteiger charge is -2.37. The van der Waals surface area contributed by atoms with Crippen LogP contribution in [-0.4, -0.2) is 72.9 Å². The molecule has 5 heterocycles. The maximum absolute atomic E-state index is 11.7. The number of amides is 1. The van der Waals surface area contributed by atoms with Crippen molar-refractivity contribution in [3.63, 3.8) is 0 Å². The lowest BCUT2D eigenvalue weighted by Crippen LogP contribution is -2.48. The van der Waals surface area contributed by atoms with Gasteiger partial charge in [-0.2, -0.15) is 0 Å². The van der Waals surface area contributed by atoms with Gasteiger partial charge in [0.2, 0.25) is 5.91 Å². The molecule has 0 bridgehead atoms. The molecular weight excluding hydrogens is 394 g/mol. The molecule has 1 fully saturated rings. The van der Waals surface area contributed by atoms with Crippen molar-refractivity contribution in [3.05, 3.63) is 42.4 Å². The van der Waals surface area contributed by atoms with Crippen molar-refractivity contribution in [1.29, 1.82) is 0 Å². The molecule has 4 aromatic heterocycles. The van der Waals surface area contributed by atoms with Crippen molar-refractivity contribution in [2.24, 2.45) is 0 Å². The van der Waals surface area contributed by atoms with Gasteiger partial charge in [0, 0.05) is 39.6 Å². The summed E-state index contributed by atoms with van der Waals surface area (Å²) in [6.45, 7) is 7.53. The molecular formula is C21H25N9O. The molecule has 4 aromatic rings.